The first kappa shape index (κ1) is 21.1. The summed E-state index contributed by atoms with van der Waals surface area (Å²) in [6.45, 7) is 3.29. The van der Waals surface area contributed by atoms with Crippen LogP contribution in [0, 0.1) is 5.82 Å². The molecule has 1 unspecified atom stereocenters. The normalized spacial score (nSPS) is 18.8. The summed E-state index contributed by atoms with van der Waals surface area (Å²) in [5.41, 5.74) is 11.2. The Balaban J connectivity index is 1.62. The summed E-state index contributed by atoms with van der Waals surface area (Å²) in [5, 5.41) is 2.59. The third-order valence-corrected chi connectivity index (χ3v) is 4.81. The molecule has 1 atom stereocenters. The van der Waals surface area contributed by atoms with Gasteiger partial charge in [0.15, 0.2) is 5.96 Å². The number of guanidine groups is 1. The minimum atomic E-state index is -0.593. The number of hydrogen-bond acceptors (Lipinski definition) is 5. The Kier molecular flexibility index (Phi) is 6.23. The van der Waals surface area contributed by atoms with Crippen LogP contribution in [0.15, 0.2) is 23.2 Å². The fourth-order valence-corrected chi connectivity index (χ4v) is 3.34. The molecule has 0 saturated carbocycles. The molecule has 2 fully saturated rings. The highest BCUT2D eigenvalue weighted by Gasteiger charge is 2.33. The number of nitrogens with two attached hydrogens (primary N) is 2. The highest BCUT2D eigenvalue weighted by molar-refractivity contribution is 5.91. The van der Waals surface area contributed by atoms with Gasteiger partial charge in [-0.05, 0) is 18.2 Å². The molecule has 2 aliphatic rings. The first-order valence-electron chi connectivity index (χ1n) is 9.40. The Morgan fingerprint density at radius 2 is 1.97 bits per heavy atom. The number of nitrogens with one attached hydrogen (secondary N) is 1. The van der Waals surface area contributed by atoms with Crippen molar-refractivity contribution in [3.05, 3.63) is 24.0 Å². The number of amides is 4. The molecule has 0 spiro atoms. The molecule has 0 bridgehead atoms. The van der Waals surface area contributed by atoms with Gasteiger partial charge >= 0.3 is 12.1 Å². The van der Waals surface area contributed by atoms with Crippen LogP contribution in [0.5, 0.6) is 0 Å². The van der Waals surface area contributed by atoms with Gasteiger partial charge < -0.3 is 31.3 Å². The largest absolute Gasteiger partial charge is 0.442 e. The topological polar surface area (TPSA) is 147 Å². The number of benzene rings is 1. The zero-order valence-electron chi connectivity index (χ0n) is 16.5. The molecule has 12 heteroatoms. The van der Waals surface area contributed by atoms with Gasteiger partial charge in [-0.15, -0.1) is 0 Å². The number of rotatable bonds is 4. The van der Waals surface area contributed by atoms with Crippen molar-refractivity contribution in [2.75, 3.05) is 49.1 Å². The van der Waals surface area contributed by atoms with E-state index >= 15 is 0 Å². The summed E-state index contributed by atoms with van der Waals surface area (Å²) in [6, 6.07) is 3.98. The maximum absolute atomic E-state index is 14.8. The quantitative estimate of drug-likeness (QED) is 0.451. The maximum Gasteiger partial charge on any atom is 0.414 e. The number of nitrogens with zero attached hydrogens (tertiary/aromatic N) is 4. The minimum absolute atomic E-state index is 0.195. The molecule has 0 radical (unpaired) electrons. The summed E-state index contributed by atoms with van der Waals surface area (Å²) < 4.78 is 20.0. The second-order valence-corrected chi connectivity index (χ2v) is 6.98. The molecule has 0 aromatic heterocycles. The fraction of sp³-hybridized carbons (Fsp3) is 0.444. The first-order chi connectivity index (χ1) is 14.2. The summed E-state index contributed by atoms with van der Waals surface area (Å²) in [7, 11) is 0. The van der Waals surface area contributed by atoms with Gasteiger partial charge in [-0.2, -0.15) is 4.99 Å². The molecule has 162 valence electrons. The van der Waals surface area contributed by atoms with Crippen molar-refractivity contribution >= 4 is 35.4 Å². The third kappa shape index (κ3) is 4.88. The smallest absolute Gasteiger partial charge is 0.414 e. The molecule has 3 rings (SSSR count). The van der Waals surface area contributed by atoms with Crippen LogP contribution in [-0.2, 0) is 9.53 Å². The van der Waals surface area contributed by atoms with E-state index in [1.54, 1.807) is 17.0 Å². The van der Waals surface area contributed by atoms with Gasteiger partial charge in [0.25, 0.3) is 0 Å². The highest BCUT2D eigenvalue weighted by Crippen LogP contribution is 2.28. The van der Waals surface area contributed by atoms with Gasteiger partial charge in [0.05, 0.1) is 24.5 Å². The van der Waals surface area contributed by atoms with Crippen LogP contribution in [0.2, 0.25) is 0 Å². The first-order valence-corrected chi connectivity index (χ1v) is 9.40. The van der Waals surface area contributed by atoms with E-state index in [0.717, 1.165) is 0 Å². The molecule has 2 saturated heterocycles. The van der Waals surface area contributed by atoms with Gasteiger partial charge in [-0.1, -0.05) is 0 Å². The molecule has 1 aromatic carbocycles. The van der Waals surface area contributed by atoms with Gasteiger partial charge in [-0.25, -0.2) is 14.0 Å². The zero-order chi connectivity index (χ0) is 21.8. The Morgan fingerprint density at radius 1 is 1.27 bits per heavy atom. The van der Waals surface area contributed by atoms with Gasteiger partial charge in [0, 0.05) is 33.1 Å². The van der Waals surface area contributed by atoms with Crippen LogP contribution in [0.1, 0.15) is 6.92 Å². The van der Waals surface area contributed by atoms with Crippen molar-refractivity contribution in [1.29, 1.82) is 0 Å². The van der Waals surface area contributed by atoms with Crippen LogP contribution in [0.25, 0.3) is 0 Å². The Morgan fingerprint density at radius 3 is 2.57 bits per heavy atom. The van der Waals surface area contributed by atoms with Crippen LogP contribution < -0.4 is 26.6 Å². The number of piperazine rings is 1. The Labute approximate surface area is 172 Å². The lowest BCUT2D eigenvalue weighted by Gasteiger charge is -2.35. The molecular formula is C18H24FN7O4. The molecule has 11 nitrogen and oxygen atoms in total. The molecule has 2 heterocycles. The number of cyclic esters (lactones) is 1. The standard InChI is InChI=1S/C18H24FN7O4/c1-11(27)22-9-13-10-26(18(29)30-13)12-2-3-15(14(19)8-12)24-4-6-25(7-5-24)17(28)23-16(20)21/h2-3,8,13H,4-7,9-10H2,1H3,(H,22,27)(H4,20,21,23,28). The van der Waals surface area contributed by atoms with Gasteiger partial charge in [0.1, 0.15) is 11.9 Å². The minimum Gasteiger partial charge on any atom is -0.442 e. The number of carbonyl (C=O) groups excluding carboxylic acids is 3. The molecule has 2 aliphatic heterocycles. The third-order valence-electron chi connectivity index (χ3n) is 4.81. The number of anilines is 2. The maximum atomic E-state index is 14.8. The van der Waals surface area contributed by atoms with Crippen LogP contribution in [0.3, 0.4) is 0 Å². The number of aliphatic imine (C=N–C) groups is 1. The van der Waals surface area contributed by atoms with Crippen LogP contribution in [-0.4, -0.2) is 74.3 Å². The summed E-state index contributed by atoms with van der Waals surface area (Å²) in [6.07, 6.45) is -1.09. The zero-order valence-corrected chi connectivity index (χ0v) is 16.5. The van der Waals surface area contributed by atoms with E-state index in [4.69, 9.17) is 16.2 Å². The van der Waals surface area contributed by atoms with Crippen molar-refractivity contribution in [3.63, 3.8) is 0 Å². The molecule has 5 N–H and O–H groups in total. The number of urea groups is 1. The van der Waals surface area contributed by atoms with E-state index in [1.165, 1.54) is 22.8 Å². The Bertz CT molecular complexity index is 866. The Hall–Kier alpha value is -3.57. The van der Waals surface area contributed by atoms with Crippen LogP contribution >= 0.6 is 0 Å². The lowest BCUT2D eigenvalue weighted by Crippen LogP contribution is -2.48. The van der Waals surface area contributed by atoms with Crippen molar-refractivity contribution in [3.8, 4) is 0 Å². The average Bonchev–Trinajstić information content (AvgIpc) is 3.06. The van der Waals surface area contributed by atoms with Crippen LogP contribution in [0.4, 0.5) is 25.4 Å². The highest BCUT2D eigenvalue weighted by atomic mass is 19.1. The molecule has 4 amide bonds. The monoisotopic (exact) mass is 421 g/mol. The van der Waals surface area contributed by atoms with E-state index < -0.39 is 24.0 Å². The van der Waals surface area contributed by atoms with Crippen molar-refractivity contribution in [2.24, 2.45) is 16.5 Å². The number of halogens is 1. The lowest BCUT2D eigenvalue weighted by molar-refractivity contribution is -0.119. The summed E-state index contributed by atoms with van der Waals surface area (Å²) >= 11 is 0. The van der Waals surface area contributed by atoms with Crippen molar-refractivity contribution in [1.82, 2.24) is 10.2 Å². The predicted octanol–water partition coefficient (Wildman–Crippen LogP) is -0.198. The SMILES string of the molecule is CC(=O)NCC1CN(c2ccc(N3CCN(C(=O)N=C(N)N)CC3)c(F)c2)C(=O)O1. The van der Waals surface area contributed by atoms with E-state index in [2.05, 4.69) is 10.3 Å². The molecule has 1 aromatic rings. The van der Waals surface area contributed by atoms with Gasteiger partial charge in [-0.3, -0.25) is 9.69 Å². The van der Waals surface area contributed by atoms with Crippen molar-refractivity contribution in [2.45, 2.75) is 13.0 Å². The molecule has 30 heavy (non-hydrogen) atoms. The van der Waals surface area contributed by atoms with E-state index in [0.29, 0.717) is 37.6 Å². The number of ether oxygens (including phenoxy) is 1. The summed E-state index contributed by atoms with van der Waals surface area (Å²) in [5.74, 6) is -1.02. The van der Waals surface area contributed by atoms with E-state index in [-0.39, 0.29) is 25.0 Å². The number of hydrogen-bond donors (Lipinski definition) is 3. The van der Waals surface area contributed by atoms with Gasteiger partial charge in [0.2, 0.25) is 5.91 Å². The molecule has 0 aliphatic carbocycles. The summed E-state index contributed by atoms with van der Waals surface area (Å²) in [4.78, 5) is 43.1. The fourth-order valence-electron chi connectivity index (χ4n) is 3.34. The molecular weight excluding hydrogens is 397 g/mol. The van der Waals surface area contributed by atoms with E-state index in [9.17, 15) is 18.8 Å². The van der Waals surface area contributed by atoms with E-state index in [1.807, 2.05) is 0 Å². The van der Waals surface area contributed by atoms with Crippen molar-refractivity contribution < 1.29 is 23.5 Å². The number of carbonyl (C=O) groups is 3. The second kappa shape index (κ2) is 8.84. The predicted molar refractivity (Wildman–Crippen MR) is 108 cm³/mol. The second-order valence-electron chi connectivity index (χ2n) is 6.98. The lowest BCUT2D eigenvalue weighted by atomic mass is 10.2. The average molecular weight is 421 g/mol.